The van der Waals surface area contributed by atoms with Gasteiger partial charge in [-0.15, -0.1) is 0 Å². The maximum atomic E-state index is 11.8. The highest BCUT2D eigenvalue weighted by Gasteiger charge is 2.19. The molecule has 1 amide bonds. The van der Waals surface area contributed by atoms with Crippen molar-refractivity contribution in [3.05, 3.63) is 33.9 Å². The van der Waals surface area contributed by atoms with Crippen LogP contribution in [0.3, 0.4) is 0 Å². The number of piperidine rings is 1. The van der Waals surface area contributed by atoms with Gasteiger partial charge in [-0.05, 0) is 31.4 Å². The highest BCUT2D eigenvalue weighted by Crippen LogP contribution is 2.26. The first-order chi connectivity index (χ1) is 9.61. The first-order valence-corrected chi connectivity index (χ1v) is 6.90. The van der Waals surface area contributed by atoms with Crippen molar-refractivity contribution in [3.8, 4) is 0 Å². The van der Waals surface area contributed by atoms with E-state index in [0.717, 1.165) is 24.9 Å². The van der Waals surface area contributed by atoms with Gasteiger partial charge >= 0.3 is 0 Å². The summed E-state index contributed by atoms with van der Waals surface area (Å²) in [5.41, 5.74) is 1.50. The fraction of sp³-hybridized carbons (Fsp3) is 0.500. The van der Waals surface area contributed by atoms with Gasteiger partial charge in [0.25, 0.3) is 5.69 Å². The summed E-state index contributed by atoms with van der Waals surface area (Å²) in [6, 6.07) is 4.99. The summed E-state index contributed by atoms with van der Waals surface area (Å²) in [6.07, 6.45) is 2.59. The molecule has 20 heavy (non-hydrogen) atoms. The van der Waals surface area contributed by atoms with Gasteiger partial charge in [0.1, 0.15) is 5.69 Å². The lowest BCUT2D eigenvalue weighted by Crippen LogP contribution is -2.34. The lowest BCUT2D eigenvalue weighted by molar-refractivity contribution is -0.384. The Kier molecular flexibility index (Phi) is 4.55. The number of hydrogen-bond acceptors (Lipinski definition) is 4. The molecular weight excluding hydrogens is 258 g/mol. The van der Waals surface area contributed by atoms with Crippen LogP contribution >= 0.6 is 0 Å². The standard InChI is InChI=1S/C14H19N3O3/c1-2-15-12-9-11(6-7-13(12)17(19)20)10-16-8-4-3-5-14(16)18/h6-7,9,15H,2-5,8,10H2,1H3. The predicted octanol–water partition coefficient (Wildman–Crippen LogP) is 2.54. The SMILES string of the molecule is CCNc1cc(CN2CCCCC2=O)ccc1[N+](=O)[O-]. The Morgan fingerprint density at radius 1 is 1.40 bits per heavy atom. The number of anilines is 1. The number of hydrogen-bond donors (Lipinski definition) is 1. The van der Waals surface area contributed by atoms with Crippen LogP contribution in [-0.2, 0) is 11.3 Å². The molecule has 1 fully saturated rings. The van der Waals surface area contributed by atoms with Gasteiger partial charge in [0, 0.05) is 32.1 Å². The molecule has 1 aliphatic heterocycles. The van der Waals surface area contributed by atoms with Crippen molar-refractivity contribution in [3.63, 3.8) is 0 Å². The molecule has 1 saturated heterocycles. The number of likely N-dealkylation sites (tertiary alicyclic amines) is 1. The molecule has 1 N–H and O–H groups in total. The second-order valence-corrected chi connectivity index (χ2v) is 4.91. The van der Waals surface area contributed by atoms with Crippen molar-refractivity contribution in [2.75, 3.05) is 18.4 Å². The lowest BCUT2D eigenvalue weighted by Gasteiger charge is -2.26. The molecule has 0 radical (unpaired) electrons. The molecule has 1 aliphatic rings. The fourth-order valence-corrected chi connectivity index (χ4v) is 2.42. The maximum absolute atomic E-state index is 11.8. The number of benzene rings is 1. The highest BCUT2D eigenvalue weighted by molar-refractivity contribution is 5.77. The number of carbonyl (C=O) groups excluding carboxylic acids is 1. The van der Waals surface area contributed by atoms with Crippen LogP contribution in [0.1, 0.15) is 31.7 Å². The van der Waals surface area contributed by atoms with E-state index in [9.17, 15) is 14.9 Å². The summed E-state index contributed by atoms with van der Waals surface area (Å²) in [6.45, 7) is 3.80. The maximum Gasteiger partial charge on any atom is 0.292 e. The van der Waals surface area contributed by atoms with Crippen LogP contribution in [0.2, 0.25) is 0 Å². The molecule has 1 aromatic rings. The van der Waals surface area contributed by atoms with Gasteiger partial charge in [-0.3, -0.25) is 14.9 Å². The Hall–Kier alpha value is -2.11. The minimum Gasteiger partial charge on any atom is -0.380 e. The Bertz CT molecular complexity index is 516. The molecule has 0 saturated carbocycles. The van der Waals surface area contributed by atoms with E-state index in [2.05, 4.69) is 5.32 Å². The largest absolute Gasteiger partial charge is 0.380 e. The zero-order valence-corrected chi connectivity index (χ0v) is 11.6. The van der Waals surface area contributed by atoms with Crippen LogP contribution in [0.4, 0.5) is 11.4 Å². The molecule has 0 unspecified atom stereocenters. The van der Waals surface area contributed by atoms with Crippen LogP contribution in [0.15, 0.2) is 18.2 Å². The van der Waals surface area contributed by atoms with Crippen LogP contribution < -0.4 is 5.32 Å². The van der Waals surface area contributed by atoms with Crippen LogP contribution in [0.25, 0.3) is 0 Å². The summed E-state index contributed by atoms with van der Waals surface area (Å²) in [5.74, 6) is 0.166. The van der Waals surface area contributed by atoms with Crippen molar-refractivity contribution in [1.82, 2.24) is 4.90 Å². The highest BCUT2D eigenvalue weighted by atomic mass is 16.6. The topological polar surface area (TPSA) is 75.5 Å². The molecule has 6 nitrogen and oxygen atoms in total. The Morgan fingerprint density at radius 2 is 2.20 bits per heavy atom. The molecule has 0 bridgehead atoms. The zero-order valence-electron chi connectivity index (χ0n) is 11.6. The number of carbonyl (C=O) groups is 1. The number of nitrogens with zero attached hydrogens (tertiary/aromatic N) is 2. The molecule has 0 atom stereocenters. The van der Waals surface area contributed by atoms with Crippen molar-refractivity contribution in [2.45, 2.75) is 32.7 Å². The second kappa shape index (κ2) is 6.36. The van der Waals surface area contributed by atoms with E-state index in [1.807, 2.05) is 11.8 Å². The van der Waals surface area contributed by atoms with Gasteiger partial charge in [-0.25, -0.2) is 0 Å². The van der Waals surface area contributed by atoms with Gasteiger partial charge in [0.15, 0.2) is 0 Å². The molecule has 108 valence electrons. The summed E-state index contributed by atoms with van der Waals surface area (Å²) in [5, 5.41) is 14.0. The number of nitro benzene ring substituents is 1. The normalized spacial score (nSPS) is 15.2. The Labute approximate surface area is 117 Å². The Morgan fingerprint density at radius 3 is 2.85 bits per heavy atom. The van der Waals surface area contributed by atoms with Gasteiger partial charge < -0.3 is 10.2 Å². The molecular formula is C14H19N3O3. The van der Waals surface area contributed by atoms with E-state index in [4.69, 9.17) is 0 Å². The monoisotopic (exact) mass is 277 g/mol. The van der Waals surface area contributed by atoms with Gasteiger partial charge in [0.2, 0.25) is 5.91 Å². The summed E-state index contributed by atoms with van der Waals surface area (Å²) < 4.78 is 0. The van der Waals surface area contributed by atoms with Crippen molar-refractivity contribution < 1.29 is 9.72 Å². The predicted molar refractivity (Wildman–Crippen MR) is 76.5 cm³/mol. The Balaban J connectivity index is 2.17. The third-order valence-corrected chi connectivity index (χ3v) is 3.42. The number of amides is 1. The van der Waals surface area contributed by atoms with E-state index >= 15 is 0 Å². The summed E-state index contributed by atoms with van der Waals surface area (Å²) in [7, 11) is 0. The van der Waals surface area contributed by atoms with Crippen LogP contribution in [0, 0.1) is 10.1 Å². The minimum atomic E-state index is -0.395. The lowest BCUT2D eigenvalue weighted by atomic mass is 10.1. The minimum absolute atomic E-state index is 0.0700. The third-order valence-electron chi connectivity index (χ3n) is 3.42. The van der Waals surface area contributed by atoms with Gasteiger partial charge in [-0.2, -0.15) is 0 Å². The van der Waals surface area contributed by atoms with Crippen molar-refractivity contribution in [1.29, 1.82) is 0 Å². The van der Waals surface area contributed by atoms with E-state index in [0.29, 0.717) is 25.2 Å². The summed E-state index contributed by atoms with van der Waals surface area (Å²) in [4.78, 5) is 24.2. The zero-order chi connectivity index (χ0) is 14.5. The molecule has 0 spiro atoms. The molecule has 1 aromatic carbocycles. The van der Waals surface area contributed by atoms with Gasteiger partial charge in [-0.1, -0.05) is 6.07 Å². The fourth-order valence-electron chi connectivity index (χ4n) is 2.42. The third kappa shape index (κ3) is 3.26. The second-order valence-electron chi connectivity index (χ2n) is 4.91. The number of rotatable bonds is 5. The molecule has 6 heteroatoms. The first kappa shape index (κ1) is 14.3. The van der Waals surface area contributed by atoms with E-state index in [1.54, 1.807) is 12.1 Å². The quantitative estimate of drug-likeness (QED) is 0.663. The summed E-state index contributed by atoms with van der Waals surface area (Å²) >= 11 is 0. The average Bonchev–Trinajstić information content (AvgIpc) is 2.42. The van der Waals surface area contributed by atoms with E-state index < -0.39 is 4.92 Å². The number of nitro groups is 1. The molecule has 1 heterocycles. The van der Waals surface area contributed by atoms with Gasteiger partial charge in [0.05, 0.1) is 4.92 Å². The molecule has 0 aliphatic carbocycles. The smallest absolute Gasteiger partial charge is 0.292 e. The molecule has 2 rings (SSSR count). The van der Waals surface area contributed by atoms with Crippen molar-refractivity contribution >= 4 is 17.3 Å². The van der Waals surface area contributed by atoms with E-state index in [1.165, 1.54) is 6.07 Å². The first-order valence-electron chi connectivity index (χ1n) is 6.90. The molecule has 0 aromatic heterocycles. The van der Waals surface area contributed by atoms with Crippen molar-refractivity contribution in [2.24, 2.45) is 0 Å². The number of nitrogens with one attached hydrogen (secondary N) is 1. The van der Waals surface area contributed by atoms with Crippen LogP contribution in [-0.4, -0.2) is 28.8 Å². The van der Waals surface area contributed by atoms with Crippen LogP contribution in [0.5, 0.6) is 0 Å². The van der Waals surface area contributed by atoms with E-state index in [-0.39, 0.29) is 11.6 Å². The average molecular weight is 277 g/mol.